The zero-order valence-electron chi connectivity index (χ0n) is 12.9. The van der Waals surface area contributed by atoms with Crippen LogP contribution in [0, 0.1) is 11.3 Å². The highest BCUT2D eigenvalue weighted by Crippen LogP contribution is 2.41. The fourth-order valence-electron chi connectivity index (χ4n) is 2.97. The highest BCUT2D eigenvalue weighted by atomic mass is 16.5. The van der Waals surface area contributed by atoms with Gasteiger partial charge < -0.3 is 10.1 Å². The number of hydrogen-bond donors (Lipinski definition) is 1. The molecule has 1 saturated carbocycles. The van der Waals surface area contributed by atoms with E-state index in [1.807, 2.05) is 0 Å². The summed E-state index contributed by atoms with van der Waals surface area (Å²) in [4.78, 5) is 23.5. The van der Waals surface area contributed by atoms with Crippen LogP contribution in [0.15, 0.2) is 24.3 Å². The number of amides is 1. The van der Waals surface area contributed by atoms with Gasteiger partial charge in [0.25, 0.3) is 5.91 Å². The fourth-order valence-corrected chi connectivity index (χ4v) is 2.97. The van der Waals surface area contributed by atoms with Gasteiger partial charge >= 0.3 is 5.97 Å². The molecule has 1 aliphatic carbocycles. The molecule has 1 aliphatic rings. The van der Waals surface area contributed by atoms with Crippen molar-refractivity contribution in [2.24, 2.45) is 11.3 Å². The lowest BCUT2D eigenvalue weighted by atomic mass is 9.82. The van der Waals surface area contributed by atoms with Crippen molar-refractivity contribution < 1.29 is 14.3 Å². The Bertz CT molecular complexity index is 519. The molecule has 1 aromatic rings. The highest BCUT2D eigenvalue weighted by molar-refractivity contribution is 5.96. The van der Waals surface area contributed by atoms with E-state index in [0.717, 1.165) is 0 Å². The molecule has 1 unspecified atom stereocenters. The SMILES string of the molecule is COC(=O)c1ccc(C(=O)NCC2CCCC2(C)C)cc1. The Morgan fingerprint density at radius 2 is 1.86 bits per heavy atom. The number of carbonyl (C=O) groups excluding carboxylic acids is 2. The van der Waals surface area contributed by atoms with Crippen molar-refractivity contribution >= 4 is 11.9 Å². The lowest BCUT2D eigenvalue weighted by Crippen LogP contribution is -2.33. The van der Waals surface area contributed by atoms with Crippen LogP contribution in [0.2, 0.25) is 0 Å². The highest BCUT2D eigenvalue weighted by Gasteiger charge is 2.34. The van der Waals surface area contributed by atoms with Crippen molar-refractivity contribution in [2.75, 3.05) is 13.7 Å². The van der Waals surface area contributed by atoms with Gasteiger partial charge in [-0.1, -0.05) is 20.3 Å². The third-order valence-corrected chi connectivity index (χ3v) is 4.56. The average Bonchev–Trinajstić information content (AvgIpc) is 2.82. The van der Waals surface area contributed by atoms with Gasteiger partial charge in [-0.25, -0.2) is 4.79 Å². The van der Waals surface area contributed by atoms with Crippen LogP contribution in [-0.2, 0) is 4.74 Å². The molecule has 1 atom stereocenters. The van der Waals surface area contributed by atoms with Gasteiger partial charge in [0.2, 0.25) is 0 Å². The smallest absolute Gasteiger partial charge is 0.337 e. The van der Waals surface area contributed by atoms with Gasteiger partial charge in [0.15, 0.2) is 0 Å². The maximum Gasteiger partial charge on any atom is 0.337 e. The molecule has 0 aromatic heterocycles. The van der Waals surface area contributed by atoms with Crippen LogP contribution < -0.4 is 5.32 Å². The summed E-state index contributed by atoms with van der Waals surface area (Å²) in [6.07, 6.45) is 3.64. The van der Waals surface area contributed by atoms with Crippen molar-refractivity contribution in [1.82, 2.24) is 5.32 Å². The number of rotatable bonds is 4. The molecule has 1 fully saturated rings. The van der Waals surface area contributed by atoms with E-state index in [2.05, 4.69) is 23.9 Å². The van der Waals surface area contributed by atoms with Gasteiger partial charge in [0, 0.05) is 12.1 Å². The van der Waals surface area contributed by atoms with Crippen LogP contribution in [0.3, 0.4) is 0 Å². The molecule has 2 rings (SSSR count). The Balaban J connectivity index is 1.93. The summed E-state index contributed by atoms with van der Waals surface area (Å²) < 4.78 is 4.64. The van der Waals surface area contributed by atoms with Crippen molar-refractivity contribution in [3.05, 3.63) is 35.4 Å². The number of carbonyl (C=O) groups is 2. The third-order valence-electron chi connectivity index (χ3n) is 4.56. The standard InChI is InChI=1S/C17H23NO3/c1-17(2)10-4-5-14(17)11-18-15(19)12-6-8-13(9-7-12)16(20)21-3/h6-9,14H,4-5,10-11H2,1-3H3,(H,18,19). The zero-order valence-corrected chi connectivity index (χ0v) is 12.9. The van der Waals surface area contributed by atoms with Crippen LogP contribution >= 0.6 is 0 Å². The minimum absolute atomic E-state index is 0.0888. The molecule has 0 saturated heterocycles. The maximum absolute atomic E-state index is 12.1. The van der Waals surface area contributed by atoms with Gasteiger partial charge in [-0.05, 0) is 48.4 Å². The van der Waals surface area contributed by atoms with Crippen LogP contribution in [0.5, 0.6) is 0 Å². The second kappa shape index (κ2) is 6.29. The van der Waals surface area contributed by atoms with E-state index in [9.17, 15) is 9.59 Å². The summed E-state index contributed by atoms with van der Waals surface area (Å²) in [5.74, 6) is 0.0552. The second-order valence-corrected chi connectivity index (χ2v) is 6.36. The van der Waals surface area contributed by atoms with Gasteiger partial charge in [-0.2, -0.15) is 0 Å². The van der Waals surface area contributed by atoms with Crippen LogP contribution in [-0.4, -0.2) is 25.5 Å². The number of methoxy groups -OCH3 is 1. The van der Waals surface area contributed by atoms with Gasteiger partial charge in [-0.15, -0.1) is 0 Å². The summed E-state index contributed by atoms with van der Waals surface area (Å²) in [5, 5.41) is 3.00. The minimum atomic E-state index is -0.394. The molecule has 114 valence electrons. The van der Waals surface area contributed by atoms with E-state index in [1.165, 1.54) is 26.4 Å². The van der Waals surface area contributed by atoms with E-state index < -0.39 is 5.97 Å². The first-order valence-corrected chi connectivity index (χ1v) is 7.40. The molecule has 21 heavy (non-hydrogen) atoms. The van der Waals surface area contributed by atoms with E-state index in [1.54, 1.807) is 24.3 Å². The largest absolute Gasteiger partial charge is 0.465 e. The molecule has 0 heterocycles. The lowest BCUT2D eigenvalue weighted by molar-refractivity contribution is 0.0600. The Kier molecular flexibility index (Phi) is 4.66. The van der Waals surface area contributed by atoms with Crippen LogP contribution in [0.25, 0.3) is 0 Å². The Morgan fingerprint density at radius 1 is 1.24 bits per heavy atom. The molecule has 0 aliphatic heterocycles. The Morgan fingerprint density at radius 3 is 2.38 bits per heavy atom. The van der Waals surface area contributed by atoms with Crippen LogP contribution in [0.1, 0.15) is 53.8 Å². The molecule has 1 N–H and O–H groups in total. The molecule has 1 amide bonds. The summed E-state index contributed by atoms with van der Waals surface area (Å²) in [6, 6.07) is 6.53. The van der Waals surface area contributed by atoms with E-state index in [4.69, 9.17) is 0 Å². The quantitative estimate of drug-likeness (QED) is 0.867. The van der Waals surface area contributed by atoms with Crippen LogP contribution in [0.4, 0.5) is 0 Å². The Labute approximate surface area is 125 Å². The Hall–Kier alpha value is -1.84. The average molecular weight is 289 g/mol. The van der Waals surface area contributed by atoms with E-state index in [-0.39, 0.29) is 5.91 Å². The fraction of sp³-hybridized carbons (Fsp3) is 0.529. The summed E-state index contributed by atoms with van der Waals surface area (Å²) in [5.41, 5.74) is 1.33. The zero-order chi connectivity index (χ0) is 15.5. The molecule has 0 bridgehead atoms. The maximum atomic E-state index is 12.1. The minimum Gasteiger partial charge on any atom is -0.465 e. The second-order valence-electron chi connectivity index (χ2n) is 6.36. The summed E-state index contributed by atoms with van der Waals surface area (Å²) >= 11 is 0. The summed E-state index contributed by atoms with van der Waals surface area (Å²) in [7, 11) is 1.34. The summed E-state index contributed by atoms with van der Waals surface area (Å²) in [6.45, 7) is 5.24. The number of ether oxygens (including phenoxy) is 1. The predicted molar refractivity (Wildman–Crippen MR) is 81.2 cm³/mol. The number of esters is 1. The number of hydrogen-bond acceptors (Lipinski definition) is 3. The normalized spacial score (nSPS) is 20.0. The number of benzene rings is 1. The lowest BCUT2D eigenvalue weighted by Gasteiger charge is -2.27. The van der Waals surface area contributed by atoms with Gasteiger partial charge in [0.05, 0.1) is 12.7 Å². The van der Waals surface area contributed by atoms with Gasteiger partial charge in [0.1, 0.15) is 0 Å². The first-order valence-electron chi connectivity index (χ1n) is 7.40. The van der Waals surface area contributed by atoms with E-state index in [0.29, 0.717) is 29.0 Å². The molecule has 1 aromatic carbocycles. The first kappa shape index (κ1) is 15.5. The molecule has 0 spiro atoms. The van der Waals surface area contributed by atoms with E-state index >= 15 is 0 Å². The third kappa shape index (κ3) is 3.63. The predicted octanol–water partition coefficient (Wildman–Crippen LogP) is 3.03. The van der Waals surface area contributed by atoms with Crippen molar-refractivity contribution in [1.29, 1.82) is 0 Å². The monoisotopic (exact) mass is 289 g/mol. The number of nitrogens with one attached hydrogen (secondary N) is 1. The first-order chi connectivity index (χ1) is 9.94. The van der Waals surface area contributed by atoms with Crippen molar-refractivity contribution in [3.63, 3.8) is 0 Å². The van der Waals surface area contributed by atoms with Gasteiger partial charge in [-0.3, -0.25) is 4.79 Å². The molecule has 4 nitrogen and oxygen atoms in total. The molecule has 4 heteroatoms. The topological polar surface area (TPSA) is 55.4 Å². The molecular weight excluding hydrogens is 266 g/mol. The van der Waals surface area contributed by atoms with Crippen molar-refractivity contribution in [2.45, 2.75) is 33.1 Å². The molecule has 0 radical (unpaired) electrons. The van der Waals surface area contributed by atoms with Crippen molar-refractivity contribution in [3.8, 4) is 0 Å². The molecular formula is C17H23NO3.